The largest absolute Gasteiger partial charge is 0.426 e. The lowest BCUT2D eigenvalue weighted by molar-refractivity contribution is -0.140. The van der Waals surface area contributed by atoms with Crippen molar-refractivity contribution >= 4 is 5.97 Å². The molecule has 2 aromatic rings. The highest BCUT2D eigenvalue weighted by atomic mass is 19.2. The predicted octanol–water partition coefficient (Wildman–Crippen LogP) is 6.73. The fourth-order valence-electron chi connectivity index (χ4n) is 5.72. The first-order valence-corrected chi connectivity index (χ1v) is 12.6. The van der Waals surface area contributed by atoms with Crippen molar-refractivity contribution in [2.24, 2.45) is 5.92 Å². The van der Waals surface area contributed by atoms with E-state index in [1.165, 1.54) is 6.07 Å². The van der Waals surface area contributed by atoms with Crippen molar-refractivity contribution in [3.05, 3.63) is 64.5 Å². The van der Waals surface area contributed by atoms with Crippen molar-refractivity contribution in [2.75, 3.05) is 13.7 Å². The van der Waals surface area contributed by atoms with Gasteiger partial charge in [-0.05, 0) is 86.5 Å². The molecule has 1 unspecified atom stereocenters. The van der Waals surface area contributed by atoms with Crippen LogP contribution in [0.2, 0.25) is 0 Å². The van der Waals surface area contributed by atoms with Crippen molar-refractivity contribution in [3.8, 4) is 5.75 Å². The third kappa shape index (κ3) is 5.26. The maximum Gasteiger partial charge on any atom is 0.314 e. The Balaban J connectivity index is 1.18. The normalized spacial score (nSPS) is 28.5. The van der Waals surface area contributed by atoms with Crippen molar-refractivity contribution in [1.82, 2.24) is 0 Å². The fourth-order valence-corrected chi connectivity index (χ4v) is 5.72. The summed E-state index contributed by atoms with van der Waals surface area (Å²) in [5.74, 6) is -2.63. The van der Waals surface area contributed by atoms with Crippen molar-refractivity contribution < 1.29 is 32.2 Å². The molecule has 2 aromatic carbocycles. The van der Waals surface area contributed by atoms with Gasteiger partial charge in [0.15, 0.2) is 11.6 Å². The summed E-state index contributed by atoms with van der Waals surface area (Å²) in [7, 11) is 1.69. The van der Waals surface area contributed by atoms with Crippen molar-refractivity contribution in [3.63, 3.8) is 0 Å². The number of epoxide rings is 1. The maximum atomic E-state index is 15.1. The summed E-state index contributed by atoms with van der Waals surface area (Å²) >= 11 is 0. The van der Waals surface area contributed by atoms with Crippen LogP contribution >= 0.6 is 0 Å². The molecule has 35 heavy (non-hydrogen) atoms. The average molecular weight is 489 g/mol. The number of rotatable bonds is 6. The number of hydrogen-bond acceptors (Lipinski definition) is 4. The van der Waals surface area contributed by atoms with E-state index in [2.05, 4.69) is 0 Å². The zero-order chi connectivity index (χ0) is 24.5. The predicted molar refractivity (Wildman–Crippen MR) is 124 cm³/mol. The van der Waals surface area contributed by atoms with Crippen LogP contribution in [-0.2, 0) is 14.3 Å². The molecule has 3 fully saturated rings. The smallest absolute Gasteiger partial charge is 0.314 e. The van der Waals surface area contributed by atoms with Crippen LogP contribution in [0, 0.1) is 23.4 Å². The van der Waals surface area contributed by atoms with Crippen LogP contribution in [0.15, 0.2) is 30.3 Å². The average Bonchev–Trinajstić information content (AvgIpc) is 3.71. The summed E-state index contributed by atoms with van der Waals surface area (Å²) in [5, 5.41) is 0. The van der Waals surface area contributed by atoms with E-state index >= 15 is 8.78 Å². The molecular weight excluding hydrogens is 457 g/mol. The zero-order valence-electron chi connectivity index (χ0n) is 19.9. The summed E-state index contributed by atoms with van der Waals surface area (Å²) in [5.41, 5.74) is 1.32. The number of hydrogen-bond donors (Lipinski definition) is 0. The van der Waals surface area contributed by atoms with Gasteiger partial charge in [0, 0.05) is 18.7 Å². The third-order valence-electron chi connectivity index (χ3n) is 7.96. The number of esters is 1. The van der Waals surface area contributed by atoms with Crippen molar-refractivity contribution in [2.45, 2.75) is 75.4 Å². The molecule has 0 N–H and O–H groups in total. The highest BCUT2D eigenvalue weighted by molar-refractivity contribution is 5.75. The van der Waals surface area contributed by atoms with E-state index in [1.54, 1.807) is 31.4 Å². The van der Waals surface area contributed by atoms with E-state index in [9.17, 15) is 9.18 Å². The van der Waals surface area contributed by atoms with Gasteiger partial charge in [-0.3, -0.25) is 4.79 Å². The summed E-state index contributed by atoms with van der Waals surface area (Å²) in [6.45, 7) is 0.502. The number of carbonyl (C=O) groups excluding carboxylic acids is 1. The topological polar surface area (TPSA) is 48.1 Å². The van der Waals surface area contributed by atoms with Gasteiger partial charge in [0.2, 0.25) is 0 Å². The molecule has 0 amide bonds. The van der Waals surface area contributed by atoms with Gasteiger partial charge in [-0.2, -0.15) is 0 Å². The Morgan fingerprint density at radius 3 is 1.89 bits per heavy atom. The van der Waals surface area contributed by atoms with Gasteiger partial charge < -0.3 is 14.2 Å². The Labute approximate surface area is 203 Å². The van der Waals surface area contributed by atoms with E-state index in [1.807, 2.05) is 0 Å². The fraction of sp³-hybridized carbons (Fsp3) is 0.536. The molecule has 7 heteroatoms. The van der Waals surface area contributed by atoms with Gasteiger partial charge in [0.25, 0.3) is 0 Å². The van der Waals surface area contributed by atoms with Gasteiger partial charge in [-0.15, -0.1) is 0 Å². The van der Waals surface area contributed by atoms with Crippen molar-refractivity contribution in [1.29, 1.82) is 0 Å². The summed E-state index contributed by atoms with van der Waals surface area (Å²) < 4.78 is 60.2. The van der Waals surface area contributed by atoms with Gasteiger partial charge in [0.05, 0.1) is 18.6 Å². The van der Waals surface area contributed by atoms with Crippen LogP contribution in [0.3, 0.4) is 0 Å². The number of halogens is 3. The lowest BCUT2D eigenvalue weighted by Crippen LogP contribution is -2.25. The molecule has 188 valence electrons. The molecule has 0 radical (unpaired) electrons. The molecule has 1 saturated heterocycles. The van der Waals surface area contributed by atoms with E-state index in [0.717, 1.165) is 25.7 Å². The number of ether oxygens (including phenoxy) is 3. The van der Waals surface area contributed by atoms with Crippen LogP contribution in [0.4, 0.5) is 13.2 Å². The lowest BCUT2D eigenvalue weighted by Gasteiger charge is -2.30. The highest BCUT2D eigenvalue weighted by Crippen LogP contribution is 2.41. The van der Waals surface area contributed by atoms with Gasteiger partial charge in [-0.1, -0.05) is 12.1 Å². The molecule has 1 aliphatic heterocycles. The van der Waals surface area contributed by atoms with Crippen LogP contribution in [-0.4, -0.2) is 25.8 Å². The van der Waals surface area contributed by atoms with Crippen LogP contribution in [0.1, 0.15) is 86.0 Å². The van der Waals surface area contributed by atoms with E-state index in [0.29, 0.717) is 49.0 Å². The molecule has 1 heterocycles. The summed E-state index contributed by atoms with van der Waals surface area (Å²) in [4.78, 5) is 12.6. The molecule has 4 nitrogen and oxygen atoms in total. The molecular formula is C28H31F3O4. The van der Waals surface area contributed by atoms with Gasteiger partial charge >= 0.3 is 5.97 Å². The molecule has 5 rings (SSSR count). The minimum Gasteiger partial charge on any atom is -0.426 e. The van der Waals surface area contributed by atoms with Gasteiger partial charge in [-0.25, -0.2) is 13.2 Å². The molecule has 2 aliphatic carbocycles. The Hall–Kier alpha value is -2.38. The second kappa shape index (κ2) is 10.3. The van der Waals surface area contributed by atoms with E-state index in [-0.39, 0.29) is 35.7 Å². The van der Waals surface area contributed by atoms with E-state index < -0.39 is 23.4 Å². The maximum absolute atomic E-state index is 15.1. The van der Waals surface area contributed by atoms with Crippen LogP contribution in [0.25, 0.3) is 0 Å². The molecule has 3 aliphatic rings. The first-order valence-electron chi connectivity index (χ1n) is 12.6. The number of methoxy groups -OCH3 is 1. The summed E-state index contributed by atoms with van der Waals surface area (Å²) in [6, 6.07) is 7.84. The monoisotopic (exact) mass is 488 g/mol. The molecule has 2 saturated carbocycles. The van der Waals surface area contributed by atoms with Crippen LogP contribution in [0.5, 0.6) is 5.75 Å². The molecule has 0 aromatic heterocycles. The Morgan fingerprint density at radius 2 is 1.37 bits per heavy atom. The second-order valence-corrected chi connectivity index (χ2v) is 10.1. The first-order chi connectivity index (χ1) is 16.9. The lowest BCUT2D eigenvalue weighted by atomic mass is 9.77. The first kappa shape index (κ1) is 24.3. The van der Waals surface area contributed by atoms with Crippen LogP contribution < -0.4 is 4.74 Å². The van der Waals surface area contributed by atoms with E-state index in [4.69, 9.17) is 14.2 Å². The summed E-state index contributed by atoms with van der Waals surface area (Å²) in [6.07, 6.45) is 5.47. The number of benzene rings is 2. The standard InChI is InChI=1S/C28H31F3O4/c1-33-19-8-6-17(7-9-19)22-13-12-21(26(30)27(22)31)16-2-4-18(5-3-16)28(32)35-20-10-11-23(24(29)14-20)25-15-34-25/h10-14,16-19,25H,2-9,15H2,1H3. The number of carbonyl (C=O) groups is 1. The zero-order valence-corrected chi connectivity index (χ0v) is 19.9. The SMILES string of the molecule is COC1CCC(c2ccc(C3CCC(C(=O)Oc4ccc(C5CO5)c(F)c4)CC3)c(F)c2F)CC1. The Kier molecular flexibility index (Phi) is 7.17. The van der Waals surface area contributed by atoms with Gasteiger partial charge in [0.1, 0.15) is 17.7 Å². The quantitative estimate of drug-likeness (QED) is 0.257. The Bertz CT molecular complexity index is 1070. The second-order valence-electron chi connectivity index (χ2n) is 10.1. The minimum absolute atomic E-state index is 0.0196. The molecule has 0 bridgehead atoms. The highest BCUT2D eigenvalue weighted by Gasteiger charge is 2.33. The minimum atomic E-state index is -0.752. The molecule has 1 atom stereocenters. The Morgan fingerprint density at radius 1 is 0.829 bits per heavy atom. The molecule has 0 spiro atoms. The third-order valence-corrected chi connectivity index (χ3v) is 7.96.